The number of nitriles is 1. The van der Waals surface area contributed by atoms with Gasteiger partial charge >= 0.3 is 0 Å². The van der Waals surface area contributed by atoms with Crippen molar-refractivity contribution >= 4 is 17.1 Å². The molecule has 200 valence electrons. The summed E-state index contributed by atoms with van der Waals surface area (Å²) in [6.07, 6.45) is 3.52. The highest BCUT2D eigenvalue weighted by Gasteiger charge is 2.30. The molecule has 3 aliphatic rings. The second-order valence-corrected chi connectivity index (χ2v) is 9.75. The maximum atomic E-state index is 11.7. The first-order valence-electron chi connectivity index (χ1n) is 13.5. The van der Waals surface area contributed by atoms with Crippen molar-refractivity contribution in [3.8, 4) is 23.2 Å². The molecule has 1 N–H and O–H groups in total. The molecule has 6 rings (SSSR count). The normalized spacial score (nSPS) is 20.7. The molecule has 0 spiro atoms. The molecule has 1 amide bonds. The van der Waals surface area contributed by atoms with Crippen molar-refractivity contribution < 1.29 is 14.3 Å². The summed E-state index contributed by atoms with van der Waals surface area (Å²) in [6.45, 7) is 12.3. The van der Waals surface area contributed by atoms with Crippen molar-refractivity contribution in [2.75, 3.05) is 50.8 Å². The SMILES string of the molecule is CC.CC(Oc1nc(-c2ccc(N3CCN(C4COC4)CC3)cc2)cn2ncc(C#N)c12)C1CNC(=O)C1. The van der Waals surface area contributed by atoms with Crippen LogP contribution < -0.4 is 15.0 Å². The van der Waals surface area contributed by atoms with Crippen LogP contribution in [0.2, 0.25) is 0 Å². The minimum Gasteiger partial charge on any atom is -0.473 e. The van der Waals surface area contributed by atoms with Gasteiger partial charge in [0.25, 0.3) is 0 Å². The molecule has 3 aromatic rings. The number of benzene rings is 1. The highest BCUT2D eigenvalue weighted by atomic mass is 16.5. The van der Waals surface area contributed by atoms with Crippen LogP contribution >= 0.6 is 0 Å². The quantitative estimate of drug-likeness (QED) is 0.532. The third kappa shape index (κ3) is 5.17. The molecule has 3 fully saturated rings. The van der Waals surface area contributed by atoms with Gasteiger partial charge in [0, 0.05) is 56.3 Å². The van der Waals surface area contributed by atoms with E-state index in [1.54, 1.807) is 4.52 Å². The Balaban J connectivity index is 0.00000144. The summed E-state index contributed by atoms with van der Waals surface area (Å²) in [5, 5.41) is 16.8. The molecule has 1 aromatic carbocycles. The first-order valence-corrected chi connectivity index (χ1v) is 13.5. The molecule has 10 nitrogen and oxygen atoms in total. The number of carbonyl (C=O) groups excluding carboxylic acids is 1. The summed E-state index contributed by atoms with van der Waals surface area (Å²) < 4.78 is 13.2. The van der Waals surface area contributed by atoms with E-state index >= 15 is 0 Å². The van der Waals surface area contributed by atoms with E-state index in [0.717, 1.165) is 45.0 Å². The van der Waals surface area contributed by atoms with Crippen LogP contribution in [0.1, 0.15) is 32.8 Å². The van der Waals surface area contributed by atoms with Crippen LogP contribution in [0.25, 0.3) is 16.8 Å². The number of nitrogens with zero attached hydrogens (tertiary/aromatic N) is 6. The van der Waals surface area contributed by atoms with Gasteiger partial charge in [-0.3, -0.25) is 9.69 Å². The summed E-state index contributed by atoms with van der Waals surface area (Å²) in [5.41, 5.74) is 3.78. The molecule has 0 saturated carbocycles. The molecule has 10 heteroatoms. The van der Waals surface area contributed by atoms with Crippen LogP contribution in [0.15, 0.2) is 36.7 Å². The number of fused-ring (bicyclic) bond motifs is 1. The number of rotatable bonds is 6. The number of amides is 1. The van der Waals surface area contributed by atoms with Gasteiger partial charge in [0.05, 0.1) is 37.3 Å². The van der Waals surface area contributed by atoms with E-state index in [2.05, 4.69) is 50.5 Å². The summed E-state index contributed by atoms with van der Waals surface area (Å²) in [5.74, 6) is 0.435. The maximum absolute atomic E-state index is 11.7. The number of aromatic nitrogens is 3. The van der Waals surface area contributed by atoms with Crippen LogP contribution in [-0.2, 0) is 9.53 Å². The molecule has 0 bridgehead atoms. The van der Waals surface area contributed by atoms with Gasteiger partial charge in [-0.2, -0.15) is 10.4 Å². The zero-order valence-electron chi connectivity index (χ0n) is 22.3. The van der Waals surface area contributed by atoms with Gasteiger partial charge in [0.2, 0.25) is 11.8 Å². The molecule has 3 saturated heterocycles. The van der Waals surface area contributed by atoms with E-state index in [1.807, 2.05) is 27.0 Å². The minimum atomic E-state index is -0.246. The number of hydrogen-bond donors (Lipinski definition) is 1. The van der Waals surface area contributed by atoms with Gasteiger partial charge < -0.3 is 19.7 Å². The van der Waals surface area contributed by atoms with Crippen LogP contribution in [0.4, 0.5) is 5.69 Å². The Hall–Kier alpha value is -3.68. The minimum absolute atomic E-state index is 0.0305. The van der Waals surface area contributed by atoms with Gasteiger partial charge in [0.1, 0.15) is 23.3 Å². The van der Waals surface area contributed by atoms with Crippen molar-refractivity contribution in [3.63, 3.8) is 0 Å². The highest BCUT2D eigenvalue weighted by Crippen LogP contribution is 2.30. The lowest BCUT2D eigenvalue weighted by molar-refractivity contribution is -0.119. The molecule has 0 aliphatic carbocycles. The second-order valence-electron chi connectivity index (χ2n) is 9.75. The van der Waals surface area contributed by atoms with E-state index in [4.69, 9.17) is 14.5 Å². The maximum Gasteiger partial charge on any atom is 0.242 e. The number of ether oxygens (including phenoxy) is 2. The number of carbonyl (C=O) groups is 1. The predicted molar refractivity (Wildman–Crippen MR) is 144 cm³/mol. The summed E-state index contributed by atoms with van der Waals surface area (Å²) in [7, 11) is 0. The lowest BCUT2D eigenvalue weighted by Crippen LogP contribution is -2.56. The second kappa shape index (κ2) is 11.4. The largest absolute Gasteiger partial charge is 0.473 e. The topological polar surface area (TPSA) is 108 Å². The Kier molecular flexibility index (Phi) is 7.77. The monoisotopic (exact) mass is 517 g/mol. The zero-order chi connectivity index (χ0) is 26.6. The van der Waals surface area contributed by atoms with Crippen molar-refractivity contribution in [2.24, 2.45) is 5.92 Å². The van der Waals surface area contributed by atoms with E-state index in [9.17, 15) is 10.1 Å². The lowest BCUT2D eigenvalue weighted by Gasteiger charge is -2.43. The lowest BCUT2D eigenvalue weighted by atomic mass is 10.0. The molecule has 3 aliphatic heterocycles. The molecule has 2 unspecified atom stereocenters. The molecular weight excluding hydrogens is 482 g/mol. The summed E-state index contributed by atoms with van der Waals surface area (Å²) in [4.78, 5) is 21.4. The number of anilines is 1. The molecule has 0 radical (unpaired) electrons. The summed E-state index contributed by atoms with van der Waals surface area (Å²) in [6, 6.07) is 11.2. The van der Waals surface area contributed by atoms with Crippen LogP contribution in [-0.4, -0.2) is 83.5 Å². The van der Waals surface area contributed by atoms with Crippen molar-refractivity contribution in [3.05, 3.63) is 42.2 Å². The first kappa shape index (κ1) is 25.9. The number of nitrogens with one attached hydrogen (secondary N) is 1. The van der Waals surface area contributed by atoms with Crippen molar-refractivity contribution in [1.29, 1.82) is 5.26 Å². The fourth-order valence-corrected chi connectivity index (χ4v) is 5.14. The Morgan fingerprint density at radius 1 is 1.16 bits per heavy atom. The van der Waals surface area contributed by atoms with Gasteiger partial charge in [0.15, 0.2) is 0 Å². The van der Waals surface area contributed by atoms with Crippen LogP contribution in [0.3, 0.4) is 0 Å². The van der Waals surface area contributed by atoms with Gasteiger partial charge in [-0.1, -0.05) is 26.0 Å². The van der Waals surface area contributed by atoms with Gasteiger partial charge in [-0.15, -0.1) is 0 Å². The summed E-state index contributed by atoms with van der Waals surface area (Å²) >= 11 is 0. The molecule has 2 atom stereocenters. The first-order chi connectivity index (χ1) is 18.6. The van der Waals surface area contributed by atoms with Crippen LogP contribution in [0, 0.1) is 17.2 Å². The third-order valence-corrected chi connectivity index (χ3v) is 7.53. The highest BCUT2D eigenvalue weighted by molar-refractivity contribution is 5.78. The average Bonchev–Trinajstić information content (AvgIpc) is 3.55. The molecule has 2 aromatic heterocycles. The van der Waals surface area contributed by atoms with E-state index in [0.29, 0.717) is 41.7 Å². The van der Waals surface area contributed by atoms with Gasteiger partial charge in [-0.25, -0.2) is 9.50 Å². The molecule has 5 heterocycles. The Bertz CT molecular complexity index is 1300. The Morgan fingerprint density at radius 2 is 1.89 bits per heavy atom. The van der Waals surface area contributed by atoms with E-state index in [-0.39, 0.29) is 17.9 Å². The zero-order valence-corrected chi connectivity index (χ0v) is 22.3. The fourth-order valence-electron chi connectivity index (χ4n) is 5.14. The predicted octanol–water partition coefficient (Wildman–Crippen LogP) is 2.72. The number of piperazine rings is 1. The van der Waals surface area contributed by atoms with E-state index < -0.39 is 0 Å². The Morgan fingerprint density at radius 3 is 2.50 bits per heavy atom. The Labute approximate surface area is 223 Å². The molecular formula is C28H35N7O3. The average molecular weight is 518 g/mol. The van der Waals surface area contributed by atoms with Crippen molar-refractivity contribution in [1.82, 2.24) is 24.8 Å². The van der Waals surface area contributed by atoms with Crippen LogP contribution in [0.5, 0.6) is 5.88 Å². The van der Waals surface area contributed by atoms with E-state index in [1.165, 1.54) is 11.9 Å². The van der Waals surface area contributed by atoms with Crippen molar-refractivity contribution in [2.45, 2.75) is 39.3 Å². The number of hydrogen-bond acceptors (Lipinski definition) is 8. The molecule has 38 heavy (non-hydrogen) atoms. The third-order valence-electron chi connectivity index (χ3n) is 7.53. The fraction of sp³-hybridized carbons (Fsp3) is 0.500. The smallest absolute Gasteiger partial charge is 0.242 e. The van der Waals surface area contributed by atoms with Gasteiger partial charge in [-0.05, 0) is 19.1 Å². The standard InChI is InChI=1S/C26H29N7O3.C2H6/c1-17(19-10-24(34)28-12-19)36-26-25-20(11-27)13-29-33(25)14-23(30-26)18-2-4-21(5-3-18)31-6-8-32(9-7-31)22-15-35-16-22;1-2/h2-5,13-14,17,19,22H,6-10,12,15-16H2,1H3,(H,28,34);1-2H3.